The van der Waals surface area contributed by atoms with E-state index in [9.17, 15) is 5.11 Å². The molecule has 0 spiro atoms. The van der Waals surface area contributed by atoms with Crippen molar-refractivity contribution < 1.29 is 14.6 Å². The van der Waals surface area contributed by atoms with E-state index in [1.807, 2.05) is 66.7 Å². The molecule has 0 radical (unpaired) electrons. The third-order valence-corrected chi connectivity index (χ3v) is 6.05. The van der Waals surface area contributed by atoms with Gasteiger partial charge in [-0.15, -0.1) is 0 Å². The third kappa shape index (κ3) is 4.62. The third-order valence-electron chi connectivity index (χ3n) is 6.05. The van der Waals surface area contributed by atoms with Crippen molar-refractivity contribution in [2.75, 3.05) is 14.2 Å². The predicted molar refractivity (Wildman–Crippen MR) is 129 cm³/mol. The number of benzene rings is 4. The monoisotopic (exact) mass is 427 g/mol. The van der Waals surface area contributed by atoms with Crippen LogP contribution in [0, 0.1) is 0 Å². The Morgan fingerprint density at radius 3 is 2.31 bits per heavy atom. The first-order chi connectivity index (χ1) is 15.5. The Morgan fingerprint density at radius 1 is 0.781 bits per heavy atom. The van der Waals surface area contributed by atoms with Crippen molar-refractivity contribution in [1.82, 2.24) is 0 Å². The summed E-state index contributed by atoms with van der Waals surface area (Å²) in [7, 11) is 3.28. The minimum atomic E-state index is -1.25. The lowest BCUT2D eigenvalue weighted by Crippen LogP contribution is -2.45. The molecule has 0 saturated heterocycles. The minimum Gasteiger partial charge on any atom is -0.497 e. The Bertz CT molecular complexity index is 1210. The van der Waals surface area contributed by atoms with E-state index in [0.717, 1.165) is 39.0 Å². The first kappa shape index (κ1) is 21.9. The lowest BCUT2D eigenvalue weighted by Gasteiger charge is -2.35. The molecule has 4 heteroatoms. The van der Waals surface area contributed by atoms with Gasteiger partial charge in [0.25, 0.3) is 0 Å². The summed E-state index contributed by atoms with van der Waals surface area (Å²) in [6, 6.07) is 29.2. The molecule has 0 aromatic heterocycles. The van der Waals surface area contributed by atoms with Crippen LogP contribution < -0.4 is 15.2 Å². The number of para-hydroxylation sites is 1. The zero-order chi connectivity index (χ0) is 22.6. The summed E-state index contributed by atoms with van der Waals surface area (Å²) in [6.07, 6.45) is 0.721. The average Bonchev–Trinajstić information content (AvgIpc) is 2.83. The highest BCUT2D eigenvalue weighted by molar-refractivity contribution is 5.83. The molecule has 0 heterocycles. The summed E-state index contributed by atoms with van der Waals surface area (Å²) >= 11 is 0. The summed E-state index contributed by atoms with van der Waals surface area (Å²) in [4.78, 5) is 0. The molecule has 0 bridgehead atoms. The fraction of sp³-hybridized carbons (Fsp3) is 0.214. The first-order valence-electron chi connectivity index (χ1n) is 10.7. The number of fused-ring (bicyclic) bond motifs is 1. The van der Waals surface area contributed by atoms with Crippen molar-refractivity contribution in [3.8, 4) is 11.5 Å². The van der Waals surface area contributed by atoms with E-state index in [1.54, 1.807) is 14.2 Å². The molecular formula is C28H29NO3. The molecule has 4 nitrogen and oxygen atoms in total. The van der Waals surface area contributed by atoms with Crippen LogP contribution in [0.3, 0.4) is 0 Å². The highest BCUT2D eigenvalue weighted by Crippen LogP contribution is 2.35. The smallest absolute Gasteiger partial charge is 0.122 e. The van der Waals surface area contributed by atoms with Crippen LogP contribution in [-0.2, 0) is 12.8 Å². The molecule has 4 aromatic carbocycles. The molecular weight excluding hydrogens is 398 g/mol. The van der Waals surface area contributed by atoms with E-state index in [4.69, 9.17) is 15.2 Å². The lowest BCUT2D eigenvalue weighted by molar-refractivity contribution is 0.0132. The number of ether oxygens (including phenoxy) is 2. The maximum Gasteiger partial charge on any atom is 0.122 e. The molecule has 4 aromatic rings. The van der Waals surface area contributed by atoms with Crippen LogP contribution in [-0.4, -0.2) is 24.9 Å². The van der Waals surface area contributed by atoms with E-state index in [0.29, 0.717) is 12.8 Å². The van der Waals surface area contributed by atoms with Crippen molar-refractivity contribution in [2.24, 2.45) is 5.73 Å². The van der Waals surface area contributed by atoms with Crippen LogP contribution in [0.25, 0.3) is 10.8 Å². The molecule has 32 heavy (non-hydrogen) atoms. The topological polar surface area (TPSA) is 64.7 Å². The van der Waals surface area contributed by atoms with Crippen LogP contribution in [0.2, 0.25) is 0 Å². The van der Waals surface area contributed by atoms with E-state index in [2.05, 4.69) is 24.3 Å². The maximum atomic E-state index is 12.1. The molecule has 4 rings (SSSR count). The molecule has 0 fully saturated rings. The van der Waals surface area contributed by atoms with Gasteiger partial charge in [-0.1, -0.05) is 66.7 Å². The van der Waals surface area contributed by atoms with Gasteiger partial charge in [-0.05, 0) is 51.7 Å². The van der Waals surface area contributed by atoms with Gasteiger partial charge in [0.15, 0.2) is 0 Å². The van der Waals surface area contributed by atoms with E-state index in [1.165, 1.54) is 0 Å². The SMILES string of the molecule is COc1cccc(CC(O)(Cc2ccccc2OC)[C@H](N)c2ccc3ccccc3c2)c1. The number of methoxy groups -OCH3 is 2. The fourth-order valence-corrected chi connectivity index (χ4v) is 4.31. The highest BCUT2D eigenvalue weighted by atomic mass is 16.5. The van der Waals surface area contributed by atoms with Gasteiger partial charge in [0.05, 0.1) is 25.9 Å². The normalized spacial score (nSPS) is 14.0. The summed E-state index contributed by atoms with van der Waals surface area (Å²) in [5.74, 6) is 1.49. The van der Waals surface area contributed by atoms with E-state index in [-0.39, 0.29) is 0 Å². The summed E-state index contributed by atoms with van der Waals surface area (Å²) < 4.78 is 10.9. The zero-order valence-electron chi connectivity index (χ0n) is 18.5. The summed E-state index contributed by atoms with van der Waals surface area (Å²) in [6.45, 7) is 0. The van der Waals surface area contributed by atoms with Crippen LogP contribution in [0.1, 0.15) is 22.7 Å². The second-order valence-electron chi connectivity index (χ2n) is 8.20. The summed E-state index contributed by atoms with van der Waals surface area (Å²) in [5.41, 5.74) is 8.32. The number of nitrogens with two attached hydrogens (primary N) is 1. The number of hydrogen-bond donors (Lipinski definition) is 2. The molecule has 0 saturated carbocycles. The van der Waals surface area contributed by atoms with Crippen LogP contribution in [0.4, 0.5) is 0 Å². The fourth-order valence-electron chi connectivity index (χ4n) is 4.31. The first-order valence-corrected chi connectivity index (χ1v) is 10.7. The molecule has 0 aliphatic rings. The van der Waals surface area contributed by atoms with Gasteiger partial charge in [0.1, 0.15) is 11.5 Å². The lowest BCUT2D eigenvalue weighted by atomic mass is 9.79. The second-order valence-corrected chi connectivity index (χ2v) is 8.20. The van der Waals surface area contributed by atoms with Gasteiger partial charge in [0, 0.05) is 12.8 Å². The highest BCUT2D eigenvalue weighted by Gasteiger charge is 2.37. The van der Waals surface area contributed by atoms with Gasteiger partial charge < -0.3 is 20.3 Å². The Labute approximate surface area is 189 Å². The van der Waals surface area contributed by atoms with Crippen LogP contribution in [0.15, 0.2) is 91.0 Å². The number of aliphatic hydroxyl groups is 1. The Hall–Kier alpha value is -3.34. The van der Waals surface area contributed by atoms with Crippen molar-refractivity contribution in [3.63, 3.8) is 0 Å². The zero-order valence-corrected chi connectivity index (χ0v) is 18.5. The van der Waals surface area contributed by atoms with E-state index < -0.39 is 11.6 Å². The molecule has 2 atom stereocenters. The predicted octanol–water partition coefficient (Wildman–Crippen LogP) is 5.07. The van der Waals surface area contributed by atoms with Gasteiger partial charge in [-0.25, -0.2) is 0 Å². The molecule has 164 valence electrons. The Morgan fingerprint density at radius 2 is 1.53 bits per heavy atom. The average molecular weight is 428 g/mol. The Balaban J connectivity index is 1.75. The molecule has 0 amide bonds. The van der Waals surface area contributed by atoms with E-state index >= 15 is 0 Å². The molecule has 0 aliphatic heterocycles. The van der Waals surface area contributed by atoms with Crippen molar-refractivity contribution in [3.05, 3.63) is 108 Å². The second kappa shape index (κ2) is 9.43. The van der Waals surface area contributed by atoms with Crippen LogP contribution in [0.5, 0.6) is 11.5 Å². The largest absolute Gasteiger partial charge is 0.497 e. The minimum absolute atomic E-state index is 0.349. The van der Waals surface area contributed by atoms with Gasteiger partial charge in [0.2, 0.25) is 0 Å². The van der Waals surface area contributed by atoms with Gasteiger partial charge >= 0.3 is 0 Å². The standard InChI is InChI=1S/C28H29NO3/c1-31-25-12-7-8-20(16-25)18-28(30,19-24-11-5-6-13-26(24)32-2)27(29)23-15-14-21-9-3-4-10-22(21)17-23/h3-17,27,30H,18-19,29H2,1-2H3/t27-,28?/m1/s1. The van der Waals surface area contributed by atoms with Gasteiger partial charge in [-0.2, -0.15) is 0 Å². The van der Waals surface area contributed by atoms with Crippen molar-refractivity contribution >= 4 is 10.8 Å². The van der Waals surface area contributed by atoms with Crippen LogP contribution >= 0.6 is 0 Å². The molecule has 0 aliphatic carbocycles. The molecule has 1 unspecified atom stereocenters. The van der Waals surface area contributed by atoms with Crippen molar-refractivity contribution in [2.45, 2.75) is 24.5 Å². The quantitative estimate of drug-likeness (QED) is 0.412. The van der Waals surface area contributed by atoms with Gasteiger partial charge in [-0.3, -0.25) is 0 Å². The van der Waals surface area contributed by atoms with Crippen molar-refractivity contribution in [1.29, 1.82) is 0 Å². The summed E-state index contributed by atoms with van der Waals surface area (Å²) in [5, 5.41) is 14.3. The maximum absolute atomic E-state index is 12.1. The Kier molecular flexibility index (Phi) is 6.45. The molecule has 3 N–H and O–H groups in total. The number of hydrogen-bond acceptors (Lipinski definition) is 4. The number of rotatable bonds is 8.